The zero-order valence-corrected chi connectivity index (χ0v) is 26.9. The first kappa shape index (κ1) is 30.0. The molecule has 1 fully saturated rings. The maximum absolute atomic E-state index is 5.39. The van der Waals surface area contributed by atoms with Crippen molar-refractivity contribution in [3.8, 4) is 21.8 Å². The molecule has 4 aromatic carbocycles. The van der Waals surface area contributed by atoms with Crippen molar-refractivity contribution >= 4 is 22.2 Å². The van der Waals surface area contributed by atoms with Crippen molar-refractivity contribution in [3.63, 3.8) is 0 Å². The van der Waals surface area contributed by atoms with E-state index in [0.717, 1.165) is 51.3 Å². The lowest BCUT2D eigenvalue weighted by molar-refractivity contribution is 0.168. The van der Waals surface area contributed by atoms with Crippen molar-refractivity contribution in [2.75, 3.05) is 25.0 Å². The molecular formula is C39H42N4S. The molecule has 44 heavy (non-hydrogen) atoms. The van der Waals surface area contributed by atoms with Gasteiger partial charge in [-0.2, -0.15) is 0 Å². The number of amidine groups is 1. The summed E-state index contributed by atoms with van der Waals surface area (Å²) in [5.74, 6) is 1.40. The molecular weight excluding hydrogens is 557 g/mol. The van der Waals surface area contributed by atoms with Gasteiger partial charge in [0.1, 0.15) is 21.5 Å². The third kappa shape index (κ3) is 7.18. The molecule has 0 amide bonds. The van der Waals surface area contributed by atoms with Gasteiger partial charge in [-0.1, -0.05) is 146 Å². The fourth-order valence-electron chi connectivity index (χ4n) is 5.87. The smallest absolute Gasteiger partial charge is 0.133 e. The Morgan fingerprint density at radius 1 is 0.773 bits per heavy atom. The number of hydrogen-bond donors (Lipinski definition) is 1. The fourth-order valence-corrected chi connectivity index (χ4v) is 6.86. The van der Waals surface area contributed by atoms with Crippen LogP contribution in [0.3, 0.4) is 0 Å². The van der Waals surface area contributed by atoms with E-state index in [0.29, 0.717) is 12.5 Å². The van der Waals surface area contributed by atoms with Gasteiger partial charge < -0.3 is 5.32 Å². The first-order chi connectivity index (χ1) is 21.5. The van der Waals surface area contributed by atoms with Crippen molar-refractivity contribution in [2.45, 2.75) is 52.0 Å². The van der Waals surface area contributed by atoms with Crippen LogP contribution in [-0.4, -0.2) is 35.4 Å². The molecule has 2 heterocycles. The summed E-state index contributed by atoms with van der Waals surface area (Å²) in [5, 5.41) is 5.79. The average molecular weight is 599 g/mol. The lowest BCUT2D eigenvalue weighted by Crippen LogP contribution is -2.35. The van der Waals surface area contributed by atoms with Crippen LogP contribution in [0.4, 0.5) is 5.00 Å². The molecule has 1 aliphatic heterocycles. The number of aromatic nitrogens is 1. The number of aliphatic imine (C=N–C) groups is 1. The number of hydrogen-bond acceptors (Lipinski definition) is 4. The molecule has 4 nitrogen and oxygen atoms in total. The number of benzene rings is 4. The SMILES string of the molecule is Cc1ccc(C(=NCC(c2ccc(C(C)C)cc2)N2CCCCC2)Nc2sc(-c3ccccc3)nc2-c2ccccc2)cc1. The van der Waals surface area contributed by atoms with E-state index in [1.54, 1.807) is 11.3 Å². The van der Waals surface area contributed by atoms with Gasteiger partial charge in [0.25, 0.3) is 0 Å². The Bertz CT molecular complexity index is 1650. The van der Waals surface area contributed by atoms with Gasteiger partial charge in [-0.25, -0.2) is 4.98 Å². The molecule has 1 saturated heterocycles. The second-order valence-electron chi connectivity index (χ2n) is 12.0. The van der Waals surface area contributed by atoms with Gasteiger partial charge >= 0.3 is 0 Å². The molecule has 1 N–H and O–H groups in total. The van der Waals surface area contributed by atoms with Crippen LogP contribution in [0.1, 0.15) is 67.3 Å². The van der Waals surface area contributed by atoms with E-state index in [1.807, 2.05) is 6.07 Å². The average Bonchev–Trinajstić information content (AvgIpc) is 3.50. The molecule has 224 valence electrons. The van der Waals surface area contributed by atoms with Crippen LogP contribution in [0.25, 0.3) is 21.8 Å². The van der Waals surface area contributed by atoms with Crippen LogP contribution < -0.4 is 5.32 Å². The monoisotopic (exact) mass is 598 g/mol. The highest BCUT2D eigenvalue weighted by atomic mass is 32.1. The minimum absolute atomic E-state index is 0.230. The molecule has 5 heteroatoms. The van der Waals surface area contributed by atoms with Crippen LogP contribution in [-0.2, 0) is 0 Å². The van der Waals surface area contributed by atoms with Crippen molar-refractivity contribution in [3.05, 3.63) is 131 Å². The van der Waals surface area contributed by atoms with Crippen LogP contribution in [0.5, 0.6) is 0 Å². The Morgan fingerprint density at radius 2 is 1.39 bits per heavy atom. The summed E-state index contributed by atoms with van der Waals surface area (Å²) in [6.07, 6.45) is 3.81. The summed E-state index contributed by atoms with van der Waals surface area (Å²) in [7, 11) is 0. The molecule has 1 unspecified atom stereocenters. The summed E-state index contributed by atoms with van der Waals surface area (Å²) >= 11 is 1.68. The second kappa shape index (κ2) is 14.1. The quantitative estimate of drug-likeness (QED) is 0.136. The molecule has 6 rings (SSSR count). The largest absolute Gasteiger partial charge is 0.330 e. The van der Waals surface area contributed by atoms with Crippen LogP contribution in [0, 0.1) is 6.92 Å². The Kier molecular flexibility index (Phi) is 9.64. The van der Waals surface area contributed by atoms with Crippen LogP contribution in [0.2, 0.25) is 0 Å². The summed E-state index contributed by atoms with van der Waals surface area (Å²) in [6.45, 7) is 9.56. The molecule has 0 bridgehead atoms. The molecule has 1 aliphatic rings. The lowest BCUT2D eigenvalue weighted by Gasteiger charge is -2.34. The summed E-state index contributed by atoms with van der Waals surface area (Å²) in [4.78, 5) is 13.2. The van der Waals surface area contributed by atoms with Crippen LogP contribution >= 0.6 is 11.3 Å². The highest BCUT2D eigenvalue weighted by Crippen LogP contribution is 2.38. The first-order valence-corrected chi connectivity index (χ1v) is 16.7. The Balaban J connectivity index is 1.39. The van der Waals surface area contributed by atoms with Gasteiger partial charge in [-0.15, -0.1) is 0 Å². The minimum Gasteiger partial charge on any atom is -0.330 e. The topological polar surface area (TPSA) is 40.5 Å². The van der Waals surface area contributed by atoms with Gasteiger partial charge in [0.15, 0.2) is 0 Å². The van der Waals surface area contributed by atoms with E-state index in [9.17, 15) is 0 Å². The van der Waals surface area contributed by atoms with Crippen molar-refractivity contribution < 1.29 is 0 Å². The van der Waals surface area contributed by atoms with Crippen LogP contribution in [0.15, 0.2) is 114 Å². The minimum atomic E-state index is 0.230. The molecule has 1 aromatic heterocycles. The zero-order valence-electron chi connectivity index (χ0n) is 26.0. The van der Waals surface area contributed by atoms with E-state index in [4.69, 9.17) is 9.98 Å². The summed E-state index contributed by atoms with van der Waals surface area (Å²) < 4.78 is 0. The Labute approximate surface area is 266 Å². The summed E-state index contributed by atoms with van der Waals surface area (Å²) in [6, 6.07) is 39.1. The van der Waals surface area contributed by atoms with E-state index in [2.05, 4.69) is 134 Å². The number of nitrogens with zero attached hydrogens (tertiary/aromatic N) is 3. The number of nitrogens with one attached hydrogen (secondary N) is 1. The summed E-state index contributed by atoms with van der Waals surface area (Å²) in [5.41, 5.74) is 8.20. The van der Waals surface area contributed by atoms with E-state index < -0.39 is 0 Å². The standard InChI is InChI=1S/C39H42N4S/c1-28(2)30-21-23-31(24-22-30)35(43-25-11-6-12-26-43)27-40-37(33-19-17-29(3)18-20-33)42-39-36(32-13-7-4-8-14-32)41-38(44-39)34-15-9-5-10-16-34/h4-5,7-10,13-24,28,35H,6,11-12,25-27H2,1-3H3,(H,40,42). The lowest BCUT2D eigenvalue weighted by atomic mass is 9.97. The maximum Gasteiger partial charge on any atom is 0.133 e. The molecule has 0 aliphatic carbocycles. The number of anilines is 1. The number of aryl methyl sites for hydroxylation is 1. The fraction of sp³-hybridized carbons (Fsp3) is 0.282. The predicted molar refractivity (Wildman–Crippen MR) is 188 cm³/mol. The zero-order chi connectivity index (χ0) is 30.3. The number of thiazole rings is 1. The van der Waals surface area contributed by atoms with E-state index in [-0.39, 0.29) is 6.04 Å². The van der Waals surface area contributed by atoms with Gasteiger partial charge in [0.2, 0.25) is 0 Å². The first-order valence-electron chi connectivity index (χ1n) is 15.9. The van der Waals surface area contributed by atoms with Crippen molar-refractivity contribution in [1.29, 1.82) is 0 Å². The van der Waals surface area contributed by atoms with E-state index >= 15 is 0 Å². The molecule has 1 atom stereocenters. The van der Waals surface area contributed by atoms with E-state index in [1.165, 1.54) is 36.0 Å². The highest BCUT2D eigenvalue weighted by Gasteiger charge is 2.23. The number of rotatable bonds is 9. The molecule has 5 aromatic rings. The Morgan fingerprint density at radius 3 is 2.02 bits per heavy atom. The van der Waals surface area contributed by atoms with Crippen molar-refractivity contribution in [1.82, 2.24) is 9.88 Å². The normalized spacial score (nSPS) is 15.0. The molecule has 0 spiro atoms. The van der Waals surface area contributed by atoms with Gasteiger partial charge in [-0.3, -0.25) is 9.89 Å². The number of piperidine rings is 1. The molecule has 0 radical (unpaired) electrons. The van der Waals surface area contributed by atoms with Gasteiger partial charge in [0.05, 0.1) is 12.6 Å². The van der Waals surface area contributed by atoms with Gasteiger partial charge in [0, 0.05) is 16.7 Å². The third-order valence-corrected chi connectivity index (χ3v) is 9.51. The molecule has 0 saturated carbocycles. The predicted octanol–water partition coefficient (Wildman–Crippen LogP) is 9.99. The number of likely N-dealkylation sites (tertiary alicyclic amines) is 1. The maximum atomic E-state index is 5.39. The van der Waals surface area contributed by atoms with Gasteiger partial charge in [-0.05, 0) is 49.9 Å². The van der Waals surface area contributed by atoms with Crippen molar-refractivity contribution in [2.24, 2.45) is 4.99 Å². The second-order valence-corrected chi connectivity index (χ2v) is 13.0. The highest BCUT2D eigenvalue weighted by molar-refractivity contribution is 7.19. The Hall–Kier alpha value is -4.06. The third-order valence-electron chi connectivity index (χ3n) is 8.49.